The number of hydrogen-bond acceptors (Lipinski definition) is 8. The monoisotopic (exact) mass is 559 g/mol. The topological polar surface area (TPSA) is 125 Å². The zero-order chi connectivity index (χ0) is 28.6. The predicted octanol–water partition coefficient (Wildman–Crippen LogP) is 3.48. The largest absolute Gasteiger partial charge is 0.330 e. The Morgan fingerprint density at radius 3 is 1.25 bits per heavy atom. The molecule has 0 saturated carbocycles. The summed E-state index contributed by atoms with van der Waals surface area (Å²) < 4.78 is 0. The van der Waals surface area contributed by atoms with E-state index in [9.17, 15) is 0 Å². The summed E-state index contributed by atoms with van der Waals surface area (Å²) in [7, 11) is 0. The van der Waals surface area contributed by atoms with Gasteiger partial charge in [-0.25, -0.2) is 0 Å². The van der Waals surface area contributed by atoms with Gasteiger partial charge in [0.1, 0.15) is 0 Å². The van der Waals surface area contributed by atoms with Crippen LogP contribution in [0.3, 0.4) is 0 Å². The fourth-order valence-corrected chi connectivity index (χ4v) is 4.40. The van der Waals surface area contributed by atoms with E-state index in [-0.39, 0.29) is 0 Å². The quantitative estimate of drug-likeness (QED) is 0.0634. The third kappa shape index (κ3) is 25.3. The highest BCUT2D eigenvalue weighted by molar-refractivity contribution is 5.84. The van der Waals surface area contributed by atoms with Crippen LogP contribution in [-0.4, -0.2) is 91.0 Å². The Labute approximate surface area is 246 Å². The molecular weight excluding hydrogens is 496 g/mol. The third-order valence-corrected chi connectivity index (χ3v) is 6.83. The summed E-state index contributed by atoms with van der Waals surface area (Å²) in [5.74, 6) is 0. The fourth-order valence-electron chi connectivity index (χ4n) is 4.40. The summed E-state index contributed by atoms with van der Waals surface area (Å²) in [4.78, 5) is 9.15. The van der Waals surface area contributed by atoms with Crippen LogP contribution in [0.25, 0.3) is 0 Å². The molecule has 0 aromatic heterocycles. The minimum Gasteiger partial charge on any atom is -0.330 e. The maximum atomic E-state index is 5.54. The summed E-state index contributed by atoms with van der Waals surface area (Å²) in [5, 5.41) is 13.5. The van der Waals surface area contributed by atoms with E-state index in [1.54, 1.807) is 0 Å². The van der Waals surface area contributed by atoms with Gasteiger partial charge in [0.2, 0.25) is 0 Å². The van der Waals surface area contributed by atoms with E-state index in [1.807, 2.05) is 12.4 Å². The number of unbranched alkanes of at least 4 members (excludes halogenated alkanes) is 11. The van der Waals surface area contributed by atoms with Gasteiger partial charge in [-0.1, -0.05) is 88.5 Å². The Morgan fingerprint density at radius 1 is 0.425 bits per heavy atom. The van der Waals surface area contributed by atoms with Crippen LogP contribution in [0.4, 0.5) is 0 Å². The Kier molecular flexibility index (Phi) is 27.5. The van der Waals surface area contributed by atoms with Crippen molar-refractivity contribution in [2.45, 2.75) is 77.0 Å². The number of hydrogen-bond donors (Lipinski definition) is 6. The smallest absolute Gasteiger partial charge is 0.0514 e. The highest BCUT2D eigenvalue weighted by Gasteiger charge is 1.95. The number of benzene rings is 1. The van der Waals surface area contributed by atoms with Crippen LogP contribution in [0.15, 0.2) is 34.3 Å². The van der Waals surface area contributed by atoms with Gasteiger partial charge in [0, 0.05) is 77.9 Å². The lowest BCUT2D eigenvalue weighted by molar-refractivity contribution is 0.543. The van der Waals surface area contributed by atoms with Crippen LogP contribution >= 0.6 is 0 Å². The van der Waals surface area contributed by atoms with Crippen molar-refractivity contribution in [3.63, 3.8) is 0 Å². The van der Waals surface area contributed by atoms with Crippen LogP contribution in [0.1, 0.15) is 88.2 Å². The lowest BCUT2D eigenvalue weighted by atomic mass is 10.1. The maximum Gasteiger partial charge on any atom is 0.0514 e. The van der Waals surface area contributed by atoms with Gasteiger partial charge < -0.3 is 32.7 Å². The third-order valence-electron chi connectivity index (χ3n) is 6.83. The molecule has 0 atom stereocenters. The van der Waals surface area contributed by atoms with Crippen molar-refractivity contribution in [3.8, 4) is 0 Å². The molecule has 0 heterocycles. The van der Waals surface area contributed by atoms with Gasteiger partial charge in [0.25, 0.3) is 0 Å². The van der Waals surface area contributed by atoms with Crippen LogP contribution in [0, 0.1) is 0 Å². The Balaban J connectivity index is 1.90. The molecule has 0 spiro atoms. The highest BCUT2D eigenvalue weighted by Crippen LogP contribution is 2.12. The van der Waals surface area contributed by atoms with Crippen molar-refractivity contribution in [2.75, 3.05) is 78.5 Å². The molecule has 8 N–H and O–H groups in total. The Morgan fingerprint density at radius 2 is 0.800 bits per heavy atom. The minimum absolute atomic E-state index is 0.695. The number of nitrogens with zero attached hydrogens (tertiary/aromatic N) is 2. The van der Waals surface area contributed by atoms with E-state index in [0.29, 0.717) is 6.54 Å². The molecule has 1 aromatic carbocycles. The first kappa shape index (κ1) is 36.3. The molecular formula is C32H62N8. The predicted molar refractivity (Wildman–Crippen MR) is 176 cm³/mol. The SMILES string of the molecule is NCCCCCCCCCCCCCCN=Cc1ccc(C=NCCNCCNCCNCCNCCN)cc1. The molecule has 0 aliphatic heterocycles. The fraction of sp³-hybridized carbons (Fsp3) is 0.750. The normalized spacial score (nSPS) is 11.8. The second-order valence-corrected chi connectivity index (χ2v) is 10.6. The van der Waals surface area contributed by atoms with Crippen molar-refractivity contribution in [2.24, 2.45) is 21.5 Å². The standard InChI is InChI=1S/C32H62N8/c33-17-11-9-7-5-3-1-2-4-6-8-10-12-19-39-29-31-13-15-32(16-14-31)30-40-28-27-38-26-25-37-24-23-36-22-21-35-20-18-34/h13-16,29-30,35-38H,1-12,17-28,33-34H2. The number of nitrogens with two attached hydrogens (primary N) is 2. The van der Waals surface area contributed by atoms with Crippen LogP contribution in [0.2, 0.25) is 0 Å². The molecule has 0 aliphatic rings. The van der Waals surface area contributed by atoms with Crippen molar-refractivity contribution in [3.05, 3.63) is 35.4 Å². The summed E-state index contributed by atoms with van der Waals surface area (Å²) in [5.41, 5.74) is 13.3. The highest BCUT2D eigenvalue weighted by atomic mass is 15.0. The van der Waals surface area contributed by atoms with Crippen molar-refractivity contribution >= 4 is 12.4 Å². The molecule has 1 aromatic rings. The zero-order valence-corrected chi connectivity index (χ0v) is 25.5. The van der Waals surface area contributed by atoms with Gasteiger partial charge in [-0.15, -0.1) is 0 Å². The van der Waals surface area contributed by atoms with Crippen molar-refractivity contribution in [1.82, 2.24) is 21.3 Å². The van der Waals surface area contributed by atoms with E-state index >= 15 is 0 Å². The molecule has 230 valence electrons. The molecule has 0 saturated heterocycles. The maximum absolute atomic E-state index is 5.54. The van der Waals surface area contributed by atoms with Gasteiger partial charge >= 0.3 is 0 Å². The summed E-state index contributed by atoms with van der Waals surface area (Å²) in [6, 6.07) is 8.48. The van der Waals surface area contributed by atoms with Gasteiger partial charge in [-0.3, -0.25) is 9.98 Å². The molecule has 8 heteroatoms. The first-order chi connectivity index (χ1) is 19.9. The Bertz CT molecular complexity index is 634. The lowest BCUT2D eigenvalue weighted by Crippen LogP contribution is -2.36. The molecule has 40 heavy (non-hydrogen) atoms. The number of aliphatic imine (C=N–C) groups is 2. The Hall–Kier alpha value is -1.68. The molecule has 0 fully saturated rings. The lowest BCUT2D eigenvalue weighted by Gasteiger charge is -2.07. The van der Waals surface area contributed by atoms with Crippen molar-refractivity contribution in [1.29, 1.82) is 0 Å². The van der Waals surface area contributed by atoms with E-state index in [2.05, 4.69) is 55.5 Å². The van der Waals surface area contributed by atoms with Gasteiger partial charge in [-0.05, 0) is 30.5 Å². The van der Waals surface area contributed by atoms with E-state index in [4.69, 9.17) is 11.5 Å². The van der Waals surface area contributed by atoms with Crippen LogP contribution < -0.4 is 32.7 Å². The summed E-state index contributed by atoms with van der Waals surface area (Å²) >= 11 is 0. The molecule has 0 amide bonds. The second-order valence-electron chi connectivity index (χ2n) is 10.6. The second kappa shape index (κ2) is 30.3. The van der Waals surface area contributed by atoms with Crippen LogP contribution in [-0.2, 0) is 0 Å². The minimum atomic E-state index is 0.695. The average Bonchev–Trinajstić information content (AvgIpc) is 2.98. The molecule has 8 nitrogen and oxygen atoms in total. The van der Waals surface area contributed by atoms with E-state index in [0.717, 1.165) is 83.1 Å². The van der Waals surface area contributed by atoms with E-state index < -0.39 is 0 Å². The first-order valence-electron chi connectivity index (χ1n) is 16.2. The van der Waals surface area contributed by atoms with Gasteiger partial charge in [-0.2, -0.15) is 0 Å². The van der Waals surface area contributed by atoms with E-state index in [1.165, 1.54) is 77.0 Å². The van der Waals surface area contributed by atoms with Crippen LogP contribution in [0.5, 0.6) is 0 Å². The summed E-state index contributed by atoms with van der Waals surface area (Å²) in [6.07, 6.45) is 20.0. The summed E-state index contributed by atoms with van der Waals surface area (Å²) in [6.45, 7) is 10.9. The number of rotatable bonds is 30. The average molecular weight is 559 g/mol. The van der Waals surface area contributed by atoms with Crippen molar-refractivity contribution < 1.29 is 0 Å². The first-order valence-corrected chi connectivity index (χ1v) is 16.2. The van der Waals surface area contributed by atoms with Gasteiger partial charge in [0.05, 0.1) is 6.54 Å². The molecule has 0 unspecified atom stereocenters. The molecule has 0 aliphatic carbocycles. The zero-order valence-electron chi connectivity index (χ0n) is 25.5. The molecule has 1 rings (SSSR count). The molecule has 0 bridgehead atoms. The van der Waals surface area contributed by atoms with Gasteiger partial charge in [0.15, 0.2) is 0 Å². The number of nitrogens with one attached hydrogen (secondary N) is 4. The molecule has 0 radical (unpaired) electrons.